The van der Waals surface area contributed by atoms with E-state index in [4.69, 9.17) is 4.74 Å². The van der Waals surface area contributed by atoms with Gasteiger partial charge < -0.3 is 10.1 Å². The summed E-state index contributed by atoms with van der Waals surface area (Å²) < 4.78 is 18.9. The summed E-state index contributed by atoms with van der Waals surface area (Å²) in [6.07, 6.45) is 0. The Morgan fingerprint density at radius 2 is 1.85 bits per heavy atom. The van der Waals surface area contributed by atoms with Crippen molar-refractivity contribution in [3.63, 3.8) is 0 Å². The van der Waals surface area contributed by atoms with Crippen LogP contribution in [0.15, 0.2) is 42.5 Å². The van der Waals surface area contributed by atoms with Gasteiger partial charge in [-0.15, -0.1) is 0 Å². The van der Waals surface area contributed by atoms with E-state index in [1.54, 1.807) is 13.2 Å². The molecule has 0 heterocycles. The fourth-order valence-corrected chi connectivity index (χ4v) is 2.14. The molecule has 0 unspecified atom stereocenters. The second-order valence-electron chi connectivity index (χ2n) is 5.04. The van der Waals surface area contributed by atoms with Gasteiger partial charge in [-0.3, -0.25) is 0 Å². The second-order valence-corrected chi connectivity index (χ2v) is 5.04. The Kier molecular flexibility index (Phi) is 4.74. The standard InChI is InChI=1S/C17H20FNO/c1-12(2)19-11-13-6-4-5-7-15(13)16-10-14(18)8-9-17(16)20-3/h4-10,12,19H,11H2,1-3H3. The molecular weight excluding hydrogens is 253 g/mol. The second kappa shape index (κ2) is 6.53. The minimum atomic E-state index is -0.257. The van der Waals surface area contributed by atoms with E-state index in [1.165, 1.54) is 12.1 Å². The highest BCUT2D eigenvalue weighted by Crippen LogP contribution is 2.32. The van der Waals surface area contributed by atoms with Gasteiger partial charge in [0.1, 0.15) is 11.6 Å². The molecule has 2 aromatic carbocycles. The average molecular weight is 273 g/mol. The van der Waals surface area contributed by atoms with E-state index in [-0.39, 0.29) is 5.82 Å². The third-order valence-corrected chi connectivity index (χ3v) is 3.17. The quantitative estimate of drug-likeness (QED) is 0.889. The first kappa shape index (κ1) is 14.5. The van der Waals surface area contributed by atoms with Crippen LogP contribution in [-0.4, -0.2) is 13.2 Å². The summed E-state index contributed by atoms with van der Waals surface area (Å²) in [5.74, 6) is 0.427. The maximum absolute atomic E-state index is 13.5. The average Bonchev–Trinajstić information content (AvgIpc) is 2.45. The van der Waals surface area contributed by atoms with Gasteiger partial charge in [-0.05, 0) is 29.3 Å². The molecule has 20 heavy (non-hydrogen) atoms. The molecule has 0 saturated carbocycles. The molecule has 0 aliphatic heterocycles. The maximum Gasteiger partial charge on any atom is 0.126 e. The molecule has 0 aliphatic carbocycles. The van der Waals surface area contributed by atoms with Crippen molar-refractivity contribution >= 4 is 0 Å². The lowest BCUT2D eigenvalue weighted by Gasteiger charge is -2.15. The molecular formula is C17H20FNO. The number of hydrogen-bond acceptors (Lipinski definition) is 2. The molecule has 0 aromatic heterocycles. The van der Waals surface area contributed by atoms with Crippen LogP contribution in [0.3, 0.4) is 0 Å². The van der Waals surface area contributed by atoms with Crippen LogP contribution in [0.2, 0.25) is 0 Å². The van der Waals surface area contributed by atoms with Crippen LogP contribution in [0.25, 0.3) is 11.1 Å². The zero-order valence-corrected chi connectivity index (χ0v) is 12.1. The van der Waals surface area contributed by atoms with Gasteiger partial charge in [-0.2, -0.15) is 0 Å². The number of methoxy groups -OCH3 is 1. The van der Waals surface area contributed by atoms with Crippen LogP contribution in [-0.2, 0) is 6.54 Å². The molecule has 0 bridgehead atoms. The van der Waals surface area contributed by atoms with Crippen LogP contribution in [0.4, 0.5) is 4.39 Å². The van der Waals surface area contributed by atoms with E-state index in [0.29, 0.717) is 11.8 Å². The van der Waals surface area contributed by atoms with E-state index in [1.807, 2.05) is 18.2 Å². The Balaban J connectivity index is 2.44. The summed E-state index contributed by atoms with van der Waals surface area (Å²) in [6.45, 7) is 4.95. The SMILES string of the molecule is COc1ccc(F)cc1-c1ccccc1CNC(C)C. The van der Waals surface area contributed by atoms with Crippen molar-refractivity contribution in [2.24, 2.45) is 0 Å². The zero-order valence-electron chi connectivity index (χ0n) is 12.1. The summed E-state index contributed by atoms with van der Waals surface area (Å²) in [5.41, 5.74) is 2.91. The summed E-state index contributed by atoms with van der Waals surface area (Å²) in [6, 6.07) is 13.0. The first-order chi connectivity index (χ1) is 9.61. The topological polar surface area (TPSA) is 21.3 Å². The number of halogens is 1. The minimum absolute atomic E-state index is 0.257. The molecule has 2 nitrogen and oxygen atoms in total. The van der Waals surface area contributed by atoms with Crippen molar-refractivity contribution in [3.8, 4) is 16.9 Å². The van der Waals surface area contributed by atoms with Gasteiger partial charge in [0.2, 0.25) is 0 Å². The largest absolute Gasteiger partial charge is 0.496 e. The smallest absolute Gasteiger partial charge is 0.126 e. The monoisotopic (exact) mass is 273 g/mol. The highest BCUT2D eigenvalue weighted by molar-refractivity contribution is 5.73. The number of ether oxygens (including phenoxy) is 1. The maximum atomic E-state index is 13.5. The molecule has 0 atom stereocenters. The molecule has 0 amide bonds. The Hall–Kier alpha value is -1.87. The van der Waals surface area contributed by atoms with Crippen molar-refractivity contribution in [2.75, 3.05) is 7.11 Å². The van der Waals surface area contributed by atoms with Crippen molar-refractivity contribution in [1.29, 1.82) is 0 Å². The third-order valence-electron chi connectivity index (χ3n) is 3.17. The van der Waals surface area contributed by atoms with Crippen molar-refractivity contribution in [1.82, 2.24) is 5.32 Å². The third kappa shape index (κ3) is 3.36. The zero-order chi connectivity index (χ0) is 14.5. The molecule has 1 N–H and O–H groups in total. The lowest BCUT2D eigenvalue weighted by Crippen LogP contribution is -2.22. The molecule has 0 aliphatic rings. The van der Waals surface area contributed by atoms with Gasteiger partial charge in [0.15, 0.2) is 0 Å². The van der Waals surface area contributed by atoms with Gasteiger partial charge in [-0.25, -0.2) is 4.39 Å². The first-order valence-electron chi connectivity index (χ1n) is 6.77. The predicted molar refractivity (Wildman–Crippen MR) is 80.4 cm³/mol. The molecule has 106 valence electrons. The normalized spacial score (nSPS) is 10.8. The molecule has 2 aromatic rings. The Labute approximate surface area is 119 Å². The highest BCUT2D eigenvalue weighted by atomic mass is 19.1. The Bertz CT molecular complexity index is 581. The molecule has 0 saturated heterocycles. The summed E-state index contributed by atoms with van der Waals surface area (Å²) >= 11 is 0. The van der Waals surface area contributed by atoms with Crippen molar-refractivity contribution in [2.45, 2.75) is 26.4 Å². The van der Waals surface area contributed by atoms with Gasteiger partial charge in [0.05, 0.1) is 7.11 Å². The minimum Gasteiger partial charge on any atom is -0.496 e. The van der Waals surface area contributed by atoms with E-state index in [2.05, 4.69) is 25.2 Å². The van der Waals surface area contributed by atoms with E-state index in [0.717, 1.165) is 23.2 Å². The van der Waals surface area contributed by atoms with Crippen LogP contribution >= 0.6 is 0 Å². The van der Waals surface area contributed by atoms with Gasteiger partial charge in [-0.1, -0.05) is 38.1 Å². The summed E-state index contributed by atoms with van der Waals surface area (Å²) in [4.78, 5) is 0. The number of hydrogen-bond donors (Lipinski definition) is 1. The molecule has 2 rings (SSSR count). The lowest BCUT2D eigenvalue weighted by molar-refractivity contribution is 0.415. The van der Waals surface area contributed by atoms with E-state index < -0.39 is 0 Å². The van der Waals surface area contributed by atoms with Crippen molar-refractivity contribution < 1.29 is 9.13 Å². The summed E-state index contributed by atoms with van der Waals surface area (Å²) in [7, 11) is 1.60. The van der Waals surface area contributed by atoms with Crippen LogP contribution in [0.5, 0.6) is 5.75 Å². The van der Waals surface area contributed by atoms with Crippen LogP contribution in [0.1, 0.15) is 19.4 Å². The fraction of sp³-hybridized carbons (Fsp3) is 0.294. The fourth-order valence-electron chi connectivity index (χ4n) is 2.14. The molecule has 3 heteroatoms. The molecule has 0 spiro atoms. The molecule has 0 fully saturated rings. The van der Waals surface area contributed by atoms with Gasteiger partial charge >= 0.3 is 0 Å². The van der Waals surface area contributed by atoms with Crippen LogP contribution in [0, 0.1) is 5.82 Å². The summed E-state index contributed by atoms with van der Waals surface area (Å²) in [5, 5.41) is 3.39. The lowest BCUT2D eigenvalue weighted by atomic mass is 9.98. The number of nitrogens with one attached hydrogen (secondary N) is 1. The number of rotatable bonds is 5. The Morgan fingerprint density at radius 1 is 1.10 bits per heavy atom. The van der Waals surface area contributed by atoms with Crippen LogP contribution < -0.4 is 10.1 Å². The highest BCUT2D eigenvalue weighted by Gasteiger charge is 2.11. The Morgan fingerprint density at radius 3 is 2.55 bits per heavy atom. The van der Waals surface area contributed by atoms with Gasteiger partial charge in [0.25, 0.3) is 0 Å². The predicted octanol–water partition coefficient (Wildman–Crippen LogP) is 4.00. The number of benzene rings is 2. The first-order valence-corrected chi connectivity index (χ1v) is 6.77. The van der Waals surface area contributed by atoms with E-state index in [9.17, 15) is 4.39 Å². The molecule has 0 radical (unpaired) electrons. The van der Waals surface area contributed by atoms with Gasteiger partial charge in [0, 0.05) is 18.2 Å². The van der Waals surface area contributed by atoms with Crippen molar-refractivity contribution in [3.05, 3.63) is 53.8 Å². The van der Waals surface area contributed by atoms with E-state index >= 15 is 0 Å².